The second-order valence-corrected chi connectivity index (χ2v) is 33.0. The molecule has 4 fully saturated rings. The van der Waals surface area contributed by atoms with Gasteiger partial charge in [-0.1, -0.05) is 66.2 Å². The number of primary amides is 1. The Labute approximate surface area is 695 Å². The van der Waals surface area contributed by atoms with Gasteiger partial charge in [0.25, 0.3) is 29.5 Å². The lowest BCUT2D eigenvalue weighted by molar-refractivity contribution is -0.131. The first-order valence-corrected chi connectivity index (χ1v) is 42.5. The molecule has 0 saturated carbocycles. The molecule has 4 saturated heterocycles. The van der Waals surface area contributed by atoms with Crippen molar-refractivity contribution >= 4 is 128 Å². The molecule has 0 bridgehead atoms. The van der Waals surface area contributed by atoms with Crippen LogP contribution in [0.2, 0.25) is 0 Å². The SMILES string of the molecule is CCOc1ccc(C(=O)N2CCCC(c3nc4ccccc4s3)C2)cc1.COc1cc(C(=O)N2CCCC(c3nc4ccccc4s3)C2)cc(OC)c1OCC(N)=O.COc1ccc(C(=O)NCC(=O)N2CCC(c3nc4ccccc4s3)CC2)cc1OC.Cc1cccc(C(=O)NCC(=O)N2CCC(c3nc4ccccc4s3)CC2)c1. The zero-order valence-corrected chi connectivity index (χ0v) is 69.6. The number of rotatable bonds is 21. The number of nitrogens with two attached hydrogens (primary N) is 1. The van der Waals surface area contributed by atoms with Crippen LogP contribution in [0, 0.1) is 6.92 Å². The lowest BCUT2D eigenvalue weighted by atomic mass is 9.97. The Hall–Kier alpha value is -11.6. The molecule has 4 aliphatic rings. The Balaban J connectivity index is 0.000000136. The van der Waals surface area contributed by atoms with Gasteiger partial charge in [0.15, 0.2) is 29.6 Å². The predicted octanol–water partition coefficient (Wildman–Crippen LogP) is 15.1. The lowest BCUT2D eigenvalue weighted by Gasteiger charge is -2.32. The molecule has 4 aromatic heterocycles. The Kier molecular flexibility index (Phi) is 28.4. The van der Waals surface area contributed by atoms with Crippen molar-refractivity contribution in [2.45, 2.75) is 88.9 Å². The average molecular weight is 1660 g/mol. The first kappa shape index (κ1) is 83.4. The van der Waals surface area contributed by atoms with Crippen LogP contribution in [0.4, 0.5) is 0 Å². The number of ether oxygens (including phenoxy) is 6. The third-order valence-corrected chi connectivity index (χ3v) is 25.8. The second-order valence-electron chi connectivity index (χ2n) is 28.8. The van der Waals surface area contributed by atoms with Crippen LogP contribution in [0.5, 0.6) is 34.5 Å². The van der Waals surface area contributed by atoms with E-state index >= 15 is 0 Å². The van der Waals surface area contributed by atoms with Crippen molar-refractivity contribution < 1.29 is 62.0 Å². The number of methoxy groups -OCH3 is 4. The molecule has 7 amide bonds. The summed E-state index contributed by atoms with van der Waals surface area (Å²) in [5, 5.41) is 9.98. The third kappa shape index (κ3) is 21.2. The highest BCUT2D eigenvalue weighted by molar-refractivity contribution is 7.19. The molecule has 8 aromatic carbocycles. The Morgan fingerprint density at radius 3 is 1.21 bits per heavy atom. The number of aryl methyl sites for hydroxylation is 1. The highest BCUT2D eigenvalue weighted by Crippen LogP contribution is 2.42. The third-order valence-electron chi connectivity index (χ3n) is 21.0. The summed E-state index contributed by atoms with van der Waals surface area (Å²) in [6, 6.07) is 55.6. The van der Waals surface area contributed by atoms with Gasteiger partial charge in [0.1, 0.15) is 5.75 Å². The molecule has 12 aromatic rings. The number of piperidine rings is 4. The van der Waals surface area contributed by atoms with Crippen LogP contribution in [0.25, 0.3) is 40.9 Å². The van der Waals surface area contributed by atoms with Gasteiger partial charge in [-0.3, -0.25) is 33.6 Å². The normalized spacial score (nSPS) is 15.7. The van der Waals surface area contributed by atoms with E-state index < -0.39 is 5.91 Å². The van der Waals surface area contributed by atoms with Gasteiger partial charge in [-0.05, 0) is 180 Å². The standard InChI is InChI=1S/C23H25N3O5S.C23H25N3O4S.C22H23N3O2S.C21H22N2O2S/c1-29-17-10-15(11-18(30-2)21(17)31-13-20(24)27)23(28)26-9-5-6-14(12-26)22-25-16-7-3-4-8-19(16)32-22;1-29-18-8-7-16(13-19(18)30-2)22(28)24-14-21(27)26-11-9-15(10-12-26)23-25-17-5-3-4-6-20(17)31-23;1-15-5-4-6-17(13-15)21(27)23-14-20(26)25-11-9-16(10-12-25)22-24-18-7-2-3-8-19(18)28-22;1-2-25-17-11-9-15(10-12-17)21(24)23-13-5-6-16(14-23)20-22-18-7-3-4-8-19(18)26-20/h3-4,7-8,10-11,14H,5-6,9,12-13H2,1-2H3,(H2,24,27);3-8,13,15H,9-12,14H2,1-2H3,(H,24,28);2-8,13,16H,9-12,14H2,1H3,(H,23,27);3-4,7-12,16H,2,5-6,13-14H2,1H3. The van der Waals surface area contributed by atoms with E-state index in [9.17, 15) is 33.6 Å². The number of para-hydroxylation sites is 4. The van der Waals surface area contributed by atoms with E-state index in [1.807, 2.05) is 143 Å². The molecule has 117 heavy (non-hydrogen) atoms. The number of fused-ring (bicyclic) bond motifs is 4. The number of hydrogen-bond acceptors (Lipinski definition) is 21. The van der Waals surface area contributed by atoms with Crippen LogP contribution in [-0.4, -0.2) is 188 Å². The molecule has 0 radical (unpaired) electrons. The summed E-state index contributed by atoms with van der Waals surface area (Å²) in [5.41, 5.74) is 12.5. The molecule has 24 nitrogen and oxygen atoms in total. The zero-order chi connectivity index (χ0) is 81.9. The summed E-state index contributed by atoms with van der Waals surface area (Å²) < 4.78 is 36.9. The van der Waals surface area contributed by atoms with E-state index in [4.69, 9.17) is 54.1 Å². The van der Waals surface area contributed by atoms with Gasteiger partial charge in [0.05, 0.1) is 109 Å². The van der Waals surface area contributed by atoms with Gasteiger partial charge in [-0.25, -0.2) is 19.9 Å². The van der Waals surface area contributed by atoms with Crippen LogP contribution >= 0.6 is 45.3 Å². The number of amides is 7. The number of aromatic nitrogens is 4. The van der Waals surface area contributed by atoms with E-state index in [0.717, 1.165) is 123 Å². The van der Waals surface area contributed by atoms with Crippen molar-refractivity contribution in [3.05, 3.63) is 224 Å². The van der Waals surface area contributed by atoms with Crippen molar-refractivity contribution in [3.8, 4) is 34.5 Å². The smallest absolute Gasteiger partial charge is 0.255 e. The summed E-state index contributed by atoms with van der Waals surface area (Å²) >= 11 is 6.94. The average Bonchev–Trinajstić information content (AvgIpc) is 1.46. The van der Waals surface area contributed by atoms with E-state index in [1.54, 1.807) is 81.7 Å². The van der Waals surface area contributed by atoms with Gasteiger partial charge >= 0.3 is 0 Å². The monoisotopic (exact) mass is 1650 g/mol. The van der Waals surface area contributed by atoms with Gasteiger partial charge in [-0.2, -0.15) is 0 Å². The Bertz CT molecular complexity index is 5320. The highest BCUT2D eigenvalue weighted by atomic mass is 32.1. The number of nitrogens with zero attached hydrogens (tertiary/aromatic N) is 8. The Morgan fingerprint density at radius 1 is 0.410 bits per heavy atom. The molecule has 2 unspecified atom stereocenters. The first-order valence-electron chi connectivity index (χ1n) is 39.2. The molecule has 608 valence electrons. The maximum absolute atomic E-state index is 13.3. The van der Waals surface area contributed by atoms with Crippen LogP contribution in [0.3, 0.4) is 0 Å². The van der Waals surface area contributed by atoms with E-state index in [0.29, 0.717) is 103 Å². The maximum atomic E-state index is 13.3. The zero-order valence-electron chi connectivity index (χ0n) is 66.3. The largest absolute Gasteiger partial charge is 0.494 e. The van der Waals surface area contributed by atoms with E-state index in [2.05, 4.69) is 41.0 Å². The lowest BCUT2D eigenvalue weighted by Crippen LogP contribution is -2.43. The van der Waals surface area contributed by atoms with Crippen molar-refractivity contribution in [2.24, 2.45) is 5.73 Å². The molecule has 2 atom stereocenters. The minimum absolute atomic E-state index is 0.0243. The number of hydrogen-bond donors (Lipinski definition) is 3. The molecular weight excluding hydrogens is 1560 g/mol. The number of thiazole rings is 4. The first-order chi connectivity index (χ1) is 56.9. The van der Waals surface area contributed by atoms with Gasteiger partial charge in [0.2, 0.25) is 17.6 Å². The highest BCUT2D eigenvalue weighted by Gasteiger charge is 2.33. The van der Waals surface area contributed by atoms with Crippen molar-refractivity contribution in [1.82, 2.24) is 50.2 Å². The van der Waals surface area contributed by atoms with Crippen molar-refractivity contribution in [1.29, 1.82) is 0 Å². The molecule has 0 aliphatic carbocycles. The number of benzene rings is 8. The minimum atomic E-state index is -0.622. The van der Waals surface area contributed by atoms with E-state index in [-0.39, 0.29) is 66.8 Å². The summed E-state index contributed by atoms with van der Waals surface area (Å²) in [5.74, 6) is 2.70. The fraction of sp³-hybridized carbons (Fsp3) is 0.337. The van der Waals surface area contributed by atoms with Crippen molar-refractivity contribution in [2.75, 3.05) is 107 Å². The minimum Gasteiger partial charge on any atom is -0.494 e. The molecule has 28 heteroatoms. The van der Waals surface area contributed by atoms with Crippen LogP contribution in [0.1, 0.15) is 149 Å². The van der Waals surface area contributed by atoms with E-state index in [1.165, 1.54) is 47.5 Å². The van der Waals surface area contributed by atoms with Crippen LogP contribution in [0.15, 0.2) is 176 Å². The predicted molar refractivity (Wildman–Crippen MR) is 459 cm³/mol. The molecule has 8 heterocycles. The molecule has 16 rings (SSSR count). The number of likely N-dealkylation sites (tertiary alicyclic amines) is 4. The maximum Gasteiger partial charge on any atom is 0.255 e. The molecular formula is C89H95N11O13S4. The van der Waals surface area contributed by atoms with Crippen LogP contribution < -0.4 is 44.8 Å². The second kappa shape index (κ2) is 39.8. The number of carbonyl (C=O) groups excluding carboxylic acids is 7. The van der Waals surface area contributed by atoms with Crippen molar-refractivity contribution in [3.63, 3.8) is 0 Å². The summed E-state index contributed by atoms with van der Waals surface area (Å²) in [4.78, 5) is 114. The number of nitrogens with one attached hydrogen (secondary N) is 2. The number of carbonyl (C=O) groups is 7. The topological polar surface area (TPSA) is 289 Å². The molecule has 4 aliphatic heterocycles. The van der Waals surface area contributed by atoms with Gasteiger partial charge < -0.3 is 64.4 Å². The summed E-state index contributed by atoms with van der Waals surface area (Å²) in [6.07, 6.45) is 7.60. The Morgan fingerprint density at radius 2 is 0.803 bits per heavy atom. The fourth-order valence-electron chi connectivity index (χ4n) is 14.8. The van der Waals surface area contributed by atoms with Crippen LogP contribution in [-0.2, 0) is 14.4 Å². The quantitative estimate of drug-likeness (QED) is 0.0602. The summed E-state index contributed by atoms with van der Waals surface area (Å²) in [7, 11) is 5.98. The van der Waals surface area contributed by atoms with Gasteiger partial charge in [0, 0.05) is 98.3 Å². The van der Waals surface area contributed by atoms with Gasteiger partial charge in [-0.15, -0.1) is 45.3 Å². The molecule has 4 N–H and O–H groups in total. The fourth-order valence-corrected chi connectivity index (χ4v) is 19.2. The summed E-state index contributed by atoms with van der Waals surface area (Å²) in [6.45, 7) is 9.80. The molecule has 0 spiro atoms.